The maximum Gasteiger partial charge on any atom is 0.264 e. The molecule has 0 radical (unpaired) electrons. The van der Waals surface area contributed by atoms with E-state index in [1.54, 1.807) is 30.3 Å². The fraction of sp³-hybridized carbons (Fsp3) is 0.0741. The van der Waals surface area contributed by atoms with Crippen LogP contribution in [-0.4, -0.2) is 36.4 Å². The lowest BCUT2D eigenvalue weighted by molar-refractivity contribution is -0.114. The van der Waals surface area contributed by atoms with Gasteiger partial charge in [-0.25, -0.2) is 21.2 Å². The number of rotatable bonds is 10. The molecule has 0 aliphatic rings. The molecule has 0 aliphatic carbocycles. The summed E-state index contributed by atoms with van der Waals surface area (Å²) in [6.07, 6.45) is 0. The van der Waals surface area contributed by atoms with E-state index in [2.05, 4.69) is 10.0 Å². The number of hydrogen-bond donors (Lipinski definition) is 2. The average molecular weight is 570 g/mol. The minimum absolute atomic E-state index is 0.0248. The van der Waals surface area contributed by atoms with Crippen LogP contribution in [0.1, 0.15) is 0 Å². The molecular formula is C27H24FN3O6S2. The van der Waals surface area contributed by atoms with Crippen molar-refractivity contribution in [3.8, 4) is 5.75 Å². The van der Waals surface area contributed by atoms with Gasteiger partial charge in [0.25, 0.3) is 20.0 Å². The van der Waals surface area contributed by atoms with Crippen molar-refractivity contribution in [2.24, 2.45) is 0 Å². The fourth-order valence-electron chi connectivity index (χ4n) is 3.56. The summed E-state index contributed by atoms with van der Waals surface area (Å²) in [6, 6.07) is 24.1. The number of para-hydroxylation sites is 1. The molecule has 0 heterocycles. The summed E-state index contributed by atoms with van der Waals surface area (Å²) in [5.74, 6) is -0.659. The Morgan fingerprint density at radius 1 is 0.769 bits per heavy atom. The van der Waals surface area contributed by atoms with Crippen molar-refractivity contribution in [1.82, 2.24) is 0 Å². The molecule has 0 bridgehead atoms. The van der Waals surface area contributed by atoms with E-state index < -0.39 is 38.3 Å². The van der Waals surface area contributed by atoms with E-state index in [9.17, 15) is 26.0 Å². The Bertz CT molecular complexity index is 1650. The van der Waals surface area contributed by atoms with Crippen LogP contribution in [0.2, 0.25) is 0 Å². The molecule has 202 valence electrons. The molecule has 4 rings (SSSR count). The quantitative estimate of drug-likeness (QED) is 0.291. The lowest BCUT2D eigenvalue weighted by atomic mass is 10.3. The number of benzene rings is 4. The number of halogens is 1. The summed E-state index contributed by atoms with van der Waals surface area (Å²) in [5.41, 5.74) is 0.736. The summed E-state index contributed by atoms with van der Waals surface area (Å²) >= 11 is 0. The van der Waals surface area contributed by atoms with Crippen LogP contribution in [0.15, 0.2) is 113 Å². The highest BCUT2D eigenvalue weighted by molar-refractivity contribution is 7.93. The normalized spacial score (nSPS) is 11.4. The van der Waals surface area contributed by atoms with Gasteiger partial charge in [-0.1, -0.05) is 18.2 Å². The second-order valence-corrected chi connectivity index (χ2v) is 11.8. The Balaban J connectivity index is 1.51. The van der Waals surface area contributed by atoms with Crippen LogP contribution in [0.25, 0.3) is 0 Å². The zero-order valence-electron chi connectivity index (χ0n) is 20.6. The number of methoxy groups -OCH3 is 1. The van der Waals surface area contributed by atoms with Crippen LogP contribution in [-0.2, 0) is 24.8 Å². The van der Waals surface area contributed by atoms with Gasteiger partial charge >= 0.3 is 0 Å². The zero-order valence-corrected chi connectivity index (χ0v) is 22.2. The number of ether oxygens (including phenoxy) is 1. The standard InChI is InChI=1S/C27H24FN3O6S2/c1-37-24-13-17-26(18-14-24)39(35,36)31(23-5-3-2-4-6-23)19-27(32)29-21-11-15-25(16-12-21)38(33,34)30-22-9-7-20(28)8-10-22/h2-18,30H,19H2,1H3,(H,29,32). The minimum atomic E-state index is -4.12. The van der Waals surface area contributed by atoms with Crippen LogP contribution in [0, 0.1) is 5.82 Å². The van der Waals surface area contributed by atoms with Gasteiger partial charge in [0.1, 0.15) is 18.1 Å². The maximum absolute atomic E-state index is 13.5. The van der Waals surface area contributed by atoms with Crippen LogP contribution in [0.5, 0.6) is 5.75 Å². The van der Waals surface area contributed by atoms with Gasteiger partial charge < -0.3 is 10.1 Å². The predicted octanol–water partition coefficient (Wildman–Crippen LogP) is 4.47. The molecule has 4 aromatic rings. The van der Waals surface area contributed by atoms with Crippen molar-refractivity contribution in [2.45, 2.75) is 9.79 Å². The highest BCUT2D eigenvalue weighted by atomic mass is 32.2. The summed E-state index contributed by atoms with van der Waals surface area (Å²) in [5, 5.41) is 2.60. The molecule has 0 saturated heterocycles. The number of hydrogen-bond acceptors (Lipinski definition) is 6. The van der Waals surface area contributed by atoms with Crippen LogP contribution in [0.3, 0.4) is 0 Å². The summed E-state index contributed by atoms with van der Waals surface area (Å²) in [6.45, 7) is -0.537. The Morgan fingerprint density at radius 3 is 1.92 bits per heavy atom. The van der Waals surface area contributed by atoms with Crippen molar-refractivity contribution in [1.29, 1.82) is 0 Å². The van der Waals surface area contributed by atoms with Crippen LogP contribution >= 0.6 is 0 Å². The van der Waals surface area contributed by atoms with Gasteiger partial charge in [0.15, 0.2) is 0 Å². The average Bonchev–Trinajstić information content (AvgIpc) is 2.93. The number of nitrogens with one attached hydrogen (secondary N) is 2. The second kappa shape index (κ2) is 11.5. The first-order chi connectivity index (χ1) is 18.6. The van der Waals surface area contributed by atoms with Gasteiger partial charge in [-0.3, -0.25) is 13.8 Å². The second-order valence-electron chi connectivity index (χ2n) is 8.21. The topological polar surface area (TPSA) is 122 Å². The van der Waals surface area contributed by atoms with Crippen LogP contribution in [0.4, 0.5) is 21.5 Å². The molecule has 0 spiro atoms. The summed E-state index contributed by atoms with van der Waals surface area (Å²) in [4.78, 5) is 12.8. The first kappa shape index (κ1) is 27.6. The van der Waals surface area contributed by atoms with E-state index in [0.29, 0.717) is 5.75 Å². The molecule has 0 unspecified atom stereocenters. The van der Waals surface area contributed by atoms with Crippen molar-refractivity contribution in [2.75, 3.05) is 28.0 Å². The van der Waals surface area contributed by atoms with Crippen molar-refractivity contribution in [3.05, 3.63) is 109 Å². The lowest BCUT2D eigenvalue weighted by Gasteiger charge is -2.24. The van der Waals surface area contributed by atoms with Gasteiger partial charge in [-0.2, -0.15) is 0 Å². The lowest BCUT2D eigenvalue weighted by Crippen LogP contribution is -2.38. The van der Waals surface area contributed by atoms with E-state index >= 15 is 0 Å². The molecule has 0 aromatic heterocycles. The SMILES string of the molecule is COc1ccc(S(=O)(=O)N(CC(=O)Nc2ccc(S(=O)(=O)Nc3ccc(F)cc3)cc2)c2ccccc2)cc1. The molecule has 0 atom stereocenters. The van der Waals surface area contributed by atoms with Crippen molar-refractivity contribution in [3.63, 3.8) is 0 Å². The molecule has 0 fully saturated rings. The molecule has 0 aliphatic heterocycles. The Labute approximate surface area is 226 Å². The third-order valence-corrected chi connectivity index (χ3v) is 8.71. The zero-order chi connectivity index (χ0) is 28.0. The first-order valence-corrected chi connectivity index (χ1v) is 14.4. The molecule has 4 aromatic carbocycles. The van der Waals surface area contributed by atoms with E-state index in [1.165, 1.54) is 67.8 Å². The van der Waals surface area contributed by atoms with E-state index in [1.807, 2.05) is 0 Å². The molecule has 39 heavy (non-hydrogen) atoms. The molecule has 2 N–H and O–H groups in total. The largest absolute Gasteiger partial charge is 0.497 e. The number of amides is 1. The Hall–Kier alpha value is -4.42. The van der Waals surface area contributed by atoms with E-state index in [-0.39, 0.29) is 26.9 Å². The summed E-state index contributed by atoms with van der Waals surface area (Å²) < 4.78 is 73.7. The van der Waals surface area contributed by atoms with E-state index in [4.69, 9.17) is 4.74 Å². The van der Waals surface area contributed by atoms with Gasteiger partial charge in [0, 0.05) is 11.4 Å². The molecule has 0 saturated carbocycles. The molecule has 9 nitrogen and oxygen atoms in total. The number of sulfonamides is 2. The van der Waals surface area contributed by atoms with Crippen molar-refractivity contribution >= 4 is 43.0 Å². The monoisotopic (exact) mass is 569 g/mol. The Kier molecular flexibility index (Phi) is 8.17. The highest BCUT2D eigenvalue weighted by Crippen LogP contribution is 2.25. The number of anilines is 3. The smallest absolute Gasteiger partial charge is 0.264 e. The number of carbonyl (C=O) groups excluding carboxylic acids is 1. The molecule has 1 amide bonds. The Morgan fingerprint density at radius 2 is 1.33 bits per heavy atom. The molecular weight excluding hydrogens is 545 g/mol. The third kappa shape index (κ3) is 6.72. The van der Waals surface area contributed by atoms with E-state index in [0.717, 1.165) is 16.4 Å². The first-order valence-electron chi connectivity index (χ1n) is 11.5. The predicted molar refractivity (Wildman–Crippen MR) is 146 cm³/mol. The highest BCUT2D eigenvalue weighted by Gasteiger charge is 2.27. The van der Waals surface area contributed by atoms with Gasteiger partial charge in [0.2, 0.25) is 5.91 Å². The van der Waals surface area contributed by atoms with Crippen LogP contribution < -0.4 is 19.1 Å². The number of carbonyl (C=O) groups is 1. The molecule has 12 heteroatoms. The minimum Gasteiger partial charge on any atom is -0.497 e. The van der Waals surface area contributed by atoms with Gasteiger partial charge in [0.05, 0.1) is 22.6 Å². The van der Waals surface area contributed by atoms with Gasteiger partial charge in [-0.05, 0) is 84.9 Å². The summed E-state index contributed by atoms with van der Waals surface area (Å²) in [7, 11) is -6.62. The third-order valence-electron chi connectivity index (χ3n) is 5.52. The maximum atomic E-state index is 13.5. The fourth-order valence-corrected chi connectivity index (χ4v) is 6.04. The van der Waals surface area contributed by atoms with Crippen molar-refractivity contribution < 1.29 is 30.8 Å². The number of nitrogens with zero attached hydrogens (tertiary/aromatic N) is 1. The van der Waals surface area contributed by atoms with Gasteiger partial charge in [-0.15, -0.1) is 0 Å².